The third-order valence-corrected chi connectivity index (χ3v) is 3.19. The SMILES string of the molecule is CCCC(=O)Nc1ccc(C(=O)NS/C(N)=C\NC)c(O)c1. The van der Waals surface area contributed by atoms with Crippen LogP contribution in [0.15, 0.2) is 29.4 Å². The molecule has 0 saturated heterocycles. The van der Waals surface area contributed by atoms with Crippen LogP contribution in [0.1, 0.15) is 30.1 Å². The molecule has 1 aromatic carbocycles. The lowest BCUT2D eigenvalue weighted by molar-refractivity contribution is -0.116. The van der Waals surface area contributed by atoms with Gasteiger partial charge in [0.25, 0.3) is 5.91 Å². The van der Waals surface area contributed by atoms with E-state index in [1.54, 1.807) is 13.1 Å². The maximum atomic E-state index is 11.9. The summed E-state index contributed by atoms with van der Waals surface area (Å²) in [6.45, 7) is 1.90. The van der Waals surface area contributed by atoms with Gasteiger partial charge in [-0.3, -0.25) is 14.3 Å². The van der Waals surface area contributed by atoms with Crippen LogP contribution in [-0.4, -0.2) is 24.0 Å². The molecule has 120 valence electrons. The molecule has 0 aliphatic carbocycles. The summed E-state index contributed by atoms with van der Waals surface area (Å²) in [4.78, 5) is 23.4. The Morgan fingerprint density at radius 2 is 2.14 bits per heavy atom. The number of phenols is 1. The smallest absolute Gasteiger partial charge is 0.265 e. The van der Waals surface area contributed by atoms with Crippen LogP contribution in [0.2, 0.25) is 0 Å². The fourth-order valence-electron chi connectivity index (χ4n) is 1.58. The monoisotopic (exact) mass is 324 g/mol. The summed E-state index contributed by atoms with van der Waals surface area (Å²) in [5, 5.41) is 15.6. The van der Waals surface area contributed by atoms with Crippen LogP contribution in [0.4, 0.5) is 5.69 Å². The lowest BCUT2D eigenvalue weighted by Crippen LogP contribution is -2.18. The molecule has 7 nitrogen and oxygen atoms in total. The molecular formula is C14H20N4O3S. The van der Waals surface area contributed by atoms with E-state index in [1.165, 1.54) is 18.3 Å². The van der Waals surface area contributed by atoms with Crippen molar-refractivity contribution in [2.24, 2.45) is 5.73 Å². The third kappa shape index (κ3) is 5.57. The number of aromatic hydroxyl groups is 1. The summed E-state index contributed by atoms with van der Waals surface area (Å²) < 4.78 is 2.50. The van der Waals surface area contributed by atoms with Crippen LogP contribution < -0.4 is 21.1 Å². The number of benzene rings is 1. The predicted octanol–water partition coefficient (Wildman–Crippen LogP) is 1.49. The Kier molecular flexibility index (Phi) is 7.11. The van der Waals surface area contributed by atoms with Crippen molar-refractivity contribution < 1.29 is 14.7 Å². The topological polar surface area (TPSA) is 116 Å². The first-order chi connectivity index (χ1) is 10.5. The highest BCUT2D eigenvalue weighted by atomic mass is 32.2. The second-order valence-corrected chi connectivity index (χ2v) is 5.28. The quantitative estimate of drug-likeness (QED) is 0.485. The second-order valence-electron chi connectivity index (χ2n) is 4.40. The van der Waals surface area contributed by atoms with Gasteiger partial charge in [-0.1, -0.05) is 6.92 Å². The fourth-order valence-corrected chi connectivity index (χ4v) is 2.08. The fraction of sp³-hybridized carbons (Fsp3) is 0.286. The summed E-state index contributed by atoms with van der Waals surface area (Å²) in [5.74, 6) is -0.843. The van der Waals surface area contributed by atoms with Crippen LogP contribution in [0, 0.1) is 0 Å². The minimum absolute atomic E-state index is 0.0956. The van der Waals surface area contributed by atoms with Gasteiger partial charge in [0, 0.05) is 43.4 Å². The lowest BCUT2D eigenvalue weighted by atomic mass is 10.1. The summed E-state index contributed by atoms with van der Waals surface area (Å²) in [6, 6.07) is 4.32. The van der Waals surface area contributed by atoms with Crippen LogP contribution >= 0.6 is 11.9 Å². The lowest BCUT2D eigenvalue weighted by Gasteiger charge is -2.09. The van der Waals surface area contributed by atoms with Gasteiger partial charge >= 0.3 is 0 Å². The first-order valence-electron chi connectivity index (χ1n) is 6.70. The van der Waals surface area contributed by atoms with E-state index in [9.17, 15) is 14.7 Å². The van der Waals surface area contributed by atoms with E-state index in [4.69, 9.17) is 5.73 Å². The maximum absolute atomic E-state index is 11.9. The van der Waals surface area contributed by atoms with E-state index in [1.807, 2.05) is 6.92 Å². The molecule has 0 bridgehead atoms. The van der Waals surface area contributed by atoms with Crippen molar-refractivity contribution in [2.45, 2.75) is 19.8 Å². The number of nitrogens with two attached hydrogens (primary N) is 1. The molecule has 22 heavy (non-hydrogen) atoms. The van der Waals surface area contributed by atoms with Crippen LogP contribution in [-0.2, 0) is 4.79 Å². The van der Waals surface area contributed by atoms with Crippen molar-refractivity contribution in [1.82, 2.24) is 10.0 Å². The van der Waals surface area contributed by atoms with Crippen molar-refractivity contribution in [3.63, 3.8) is 0 Å². The van der Waals surface area contributed by atoms with E-state index in [-0.39, 0.29) is 17.2 Å². The molecule has 0 unspecified atom stereocenters. The van der Waals surface area contributed by atoms with Crippen molar-refractivity contribution in [3.05, 3.63) is 35.0 Å². The van der Waals surface area contributed by atoms with Gasteiger partial charge in [0.1, 0.15) is 10.8 Å². The van der Waals surface area contributed by atoms with Gasteiger partial charge < -0.3 is 21.5 Å². The van der Waals surface area contributed by atoms with E-state index < -0.39 is 5.91 Å². The number of amides is 2. The van der Waals surface area contributed by atoms with Gasteiger partial charge in [0.05, 0.1) is 5.56 Å². The Labute approximate surface area is 133 Å². The molecular weight excluding hydrogens is 304 g/mol. The summed E-state index contributed by atoms with van der Waals surface area (Å²) in [7, 11) is 1.69. The maximum Gasteiger partial charge on any atom is 0.265 e. The number of hydrogen-bond acceptors (Lipinski definition) is 6. The normalized spacial score (nSPS) is 10.9. The van der Waals surface area contributed by atoms with E-state index >= 15 is 0 Å². The predicted molar refractivity (Wildman–Crippen MR) is 88.0 cm³/mol. The zero-order valence-corrected chi connectivity index (χ0v) is 13.3. The minimum atomic E-state index is -0.485. The number of carbonyl (C=O) groups is 2. The Morgan fingerprint density at radius 3 is 2.73 bits per heavy atom. The molecule has 0 atom stereocenters. The van der Waals surface area contributed by atoms with E-state index in [2.05, 4.69) is 15.4 Å². The number of nitrogens with one attached hydrogen (secondary N) is 3. The van der Waals surface area contributed by atoms with E-state index in [0.717, 1.165) is 18.4 Å². The molecule has 0 aliphatic heterocycles. The highest BCUT2D eigenvalue weighted by Crippen LogP contribution is 2.23. The molecule has 0 radical (unpaired) electrons. The highest BCUT2D eigenvalue weighted by molar-refractivity contribution is 8.01. The molecule has 0 saturated carbocycles. The number of rotatable bonds is 7. The van der Waals surface area contributed by atoms with E-state index in [0.29, 0.717) is 17.1 Å². The third-order valence-electron chi connectivity index (χ3n) is 2.55. The van der Waals surface area contributed by atoms with Crippen LogP contribution in [0.3, 0.4) is 0 Å². The number of carbonyl (C=O) groups excluding carboxylic acids is 2. The molecule has 0 aromatic heterocycles. The first-order valence-corrected chi connectivity index (χ1v) is 7.52. The second kappa shape index (κ2) is 8.83. The molecule has 8 heteroatoms. The molecule has 0 aliphatic rings. The molecule has 2 amide bonds. The Morgan fingerprint density at radius 1 is 1.41 bits per heavy atom. The van der Waals surface area contributed by atoms with Gasteiger partial charge in [0.15, 0.2) is 0 Å². The molecule has 0 fully saturated rings. The average molecular weight is 324 g/mol. The summed E-state index contributed by atoms with van der Waals surface area (Å²) >= 11 is 0.930. The molecule has 0 spiro atoms. The zero-order valence-electron chi connectivity index (χ0n) is 12.5. The van der Waals surface area contributed by atoms with Gasteiger partial charge in [-0.25, -0.2) is 0 Å². The Bertz CT molecular complexity index is 575. The number of phenolic OH excluding ortho intramolecular Hbond substituents is 1. The zero-order chi connectivity index (χ0) is 16.5. The standard InChI is InChI=1S/C14H20N4O3S/c1-3-4-13(20)17-9-5-6-10(11(19)7-9)14(21)18-22-12(15)8-16-2/h5-8,16,19H,3-4,15H2,1-2H3,(H,17,20)(H,18,21)/b12-8-. The van der Waals surface area contributed by atoms with Crippen LogP contribution in [0.5, 0.6) is 5.75 Å². The molecule has 6 N–H and O–H groups in total. The largest absolute Gasteiger partial charge is 0.507 e. The minimum Gasteiger partial charge on any atom is -0.507 e. The summed E-state index contributed by atoms with van der Waals surface area (Å²) in [5.41, 5.74) is 6.13. The van der Waals surface area contributed by atoms with Crippen molar-refractivity contribution in [2.75, 3.05) is 12.4 Å². The molecule has 0 heterocycles. The van der Waals surface area contributed by atoms with Crippen molar-refractivity contribution in [3.8, 4) is 5.75 Å². The first kappa shape index (κ1) is 17.7. The van der Waals surface area contributed by atoms with Crippen molar-refractivity contribution >= 4 is 29.4 Å². The van der Waals surface area contributed by atoms with Gasteiger partial charge in [-0.2, -0.15) is 0 Å². The Hall–Kier alpha value is -2.35. The van der Waals surface area contributed by atoms with Crippen molar-refractivity contribution in [1.29, 1.82) is 0 Å². The van der Waals surface area contributed by atoms with Gasteiger partial charge in [0.2, 0.25) is 5.91 Å². The Balaban J connectivity index is 2.70. The van der Waals surface area contributed by atoms with Gasteiger partial charge in [-0.15, -0.1) is 0 Å². The highest BCUT2D eigenvalue weighted by Gasteiger charge is 2.12. The molecule has 1 rings (SSSR count). The summed E-state index contributed by atoms with van der Waals surface area (Å²) in [6.07, 6.45) is 2.66. The average Bonchev–Trinajstić information content (AvgIpc) is 2.45. The number of hydrogen-bond donors (Lipinski definition) is 5. The van der Waals surface area contributed by atoms with Crippen LogP contribution in [0.25, 0.3) is 0 Å². The number of anilines is 1. The molecule has 1 aromatic rings. The van der Waals surface area contributed by atoms with Gasteiger partial charge in [-0.05, 0) is 18.6 Å².